The molecule has 2 heterocycles. The summed E-state index contributed by atoms with van der Waals surface area (Å²) < 4.78 is 3.46. The van der Waals surface area contributed by atoms with Gasteiger partial charge in [0.15, 0.2) is 0 Å². The molecular formula is C12H13N7. The zero-order valence-electron chi connectivity index (χ0n) is 10.4. The number of rotatable bonds is 4. The molecule has 19 heavy (non-hydrogen) atoms. The largest absolute Gasteiger partial charge is 0.379 e. The fourth-order valence-electron chi connectivity index (χ4n) is 1.74. The van der Waals surface area contributed by atoms with Gasteiger partial charge in [0, 0.05) is 12.7 Å². The lowest BCUT2D eigenvalue weighted by atomic mass is 10.3. The van der Waals surface area contributed by atoms with E-state index in [9.17, 15) is 0 Å². The lowest BCUT2D eigenvalue weighted by molar-refractivity contribution is 0.683. The standard InChI is InChI=1S/C12H13N7/c1-18-12(7-15-17-18)6-14-10-2-4-11(5-3-10)19-9-13-8-16-19/h2-5,7-9,14H,6H2,1H3. The molecule has 2 aromatic heterocycles. The number of hydrogen-bond donors (Lipinski definition) is 1. The summed E-state index contributed by atoms with van der Waals surface area (Å²) in [6, 6.07) is 7.97. The van der Waals surface area contributed by atoms with E-state index in [1.54, 1.807) is 21.9 Å². The molecule has 0 saturated heterocycles. The molecular weight excluding hydrogens is 242 g/mol. The Labute approximate surface area is 109 Å². The van der Waals surface area contributed by atoms with E-state index in [1.807, 2.05) is 31.3 Å². The van der Waals surface area contributed by atoms with E-state index >= 15 is 0 Å². The summed E-state index contributed by atoms with van der Waals surface area (Å²) in [6.07, 6.45) is 4.93. The molecule has 0 aliphatic carbocycles. The fourth-order valence-corrected chi connectivity index (χ4v) is 1.74. The minimum atomic E-state index is 0.687. The van der Waals surface area contributed by atoms with Crippen LogP contribution in [0.4, 0.5) is 5.69 Å². The van der Waals surface area contributed by atoms with Crippen molar-refractivity contribution < 1.29 is 0 Å². The third-order valence-corrected chi connectivity index (χ3v) is 2.83. The Morgan fingerprint density at radius 2 is 2.05 bits per heavy atom. The van der Waals surface area contributed by atoms with Gasteiger partial charge in [-0.1, -0.05) is 5.21 Å². The number of hydrogen-bond acceptors (Lipinski definition) is 5. The van der Waals surface area contributed by atoms with Gasteiger partial charge in [-0.2, -0.15) is 5.10 Å². The van der Waals surface area contributed by atoms with Gasteiger partial charge in [0.25, 0.3) is 0 Å². The predicted octanol–water partition coefficient (Wildman–Crippen LogP) is 1.01. The van der Waals surface area contributed by atoms with Crippen molar-refractivity contribution in [3.63, 3.8) is 0 Å². The van der Waals surface area contributed by atoms with Crippen LogP contribution in [0, 0.1) is 0 Å². The van der Waals surface area contributed by atoms with E-state index in [0.717, 1.165) is 17.1 Å². The first-order chi connectivity index (χ1) is 9.33. The van der Waals surface area contributed by atoms with Crippen LogP contribution in [0.3, 0.4) is 0 Å². The summed E-state index contributed by atoms with van der Waals surface area (Å²) >= 11 is 0. The van der Waals surface area contributed by atoms with E-state index in [0.29, 0.717) is 6.54 Å². The molecule has 96 valence electrons. The van der Waals surface area contributed by atoms with E-state index in [1.165, 1.54) is 6.33 Å². The number of anilines is 1. The summed E-state index contributed by atoms with van der Waals surface area (Å²) in [6.45, 7) is 0.687. The molecule has 0 aliphatic rings. The van der Waals surface area contributed by atoms with Crippen molar-refractivity contribution in [3.05, 3.63) is 48.8 Å². The molecule has 0 saturated carbocycles. The second kappa shape index (κ2) is 4.89. The monoisotopic (exact) mass is 255 g/mol. The van der Waals surface area contributed by atoms with Gasteiger partial charge in [-0.05, 0) is 24.3 Å². The van der Waals surface area contributed by atoms with Gasteiger partial charge in [0.2, 0.25) is 0 Å². The van der Waals surface area contributed by atoms with E-state index < -0.39 is 0 Å². The molecule has 7 nitrogen and oxygen atoms in total. The molecule has 3 rings (SSSR count). The van der Waals surface area contributed by atoms with Crippen molar-refractivity contribution >= 4 is 5.69 Å². The van der Waals surface area contributed by atoms with Crippen LogP contribution in [0.5, 0.6) is 0 Å². The van der Waals surface area contributed by atoms with E-state index in [2.05, 4.69) is 25.7 Å². The maximum atomic E-state index is 4.08. The molecule has 0 spiro atoms. The SMILES string of the molecule is Cn1nncc1CNc1ccc(-n2cncn2)cc1. The summed E-state index contributed by atoms with van der Waals surface area (Å²) in [7, 11) is 1.87. The molecule has 0 fully saturated rings. The number of nitrogens with zero attached hydrogens (tertiary/aromatic N) is 6. The van der Waals surface area contributed by atoms with Crippen LogP contribution in [0.25, 0.3) is 5.69 Å². The molecule has 0 amide bonds. The van der Waals surface area contributed by atoms with Crippen molar-refractivity contribution in [1.29, 1.82) is 0 Å². The van der Waals surface area contributed by atoms with Crippen LogP contribution < -0.4 is 5.32 Å². The van der Waals surface area contributed by atoms with Gasteiger partial charge in [-0.15, -0.1) is 5.10 Å². The van der Waals surface area contributed by atoms with Crippen molar-refractivity contribution in [2.75, 3.05) is 5.32 Å². The molecule has 0 bridgehead atoms. The quantitative estimate of drug-likeness (QED) is 0.753. The van der Waals surface area contributed by atoms with Crippen LogP contribution in [0.15, 0.2) is 43.1 Å². The van der Waals surface area contributed by atoms with Crippen LogP contribution >= 0.6 is 0 Å². The Balaban J connectivity index is 1.68. The number of aromatic nitrogens is 6. The normalized spacial score (nSPS) is 10.6. The summed E-state index contributed by atoms with van der Waals surface area (Å²) in [5, 5.41) is 15.1. The highest BCUT2D eigenvalue weighted by Crippen LogP contribution is 2.12. The zero-order valence-corrected chi connectivity index (χ0v) is 10.4. The van der Waals surface area contributed by atoms with Gasteiger partial charge >= 0.3 is 0 Å². The van der Waals surface area contributed by atoms with Crippen LogP contribution in [-0.2, 0) is 13.6 Å². The first-order valence-corrected chi connectivity index (χ1v) is 5.85. The maximum absolute atomic E-state index is 4.08. The first-order valence-electron chi connectivity index (χ1n) is 5.85. The molecule has 0 atom stereocenters. The number of nitrogens with one attached hydrogen (secondary N) is 1. The minimum Gasteiger partial charge on any atom is -0.379 e. The maximum Gasteiger partial charge on any atom is 0.138 e. The Kier molecular flexibility index (Phi) is 2.93. The number of benzene rings is 1. The van der Waals surface area contributed by atoms with Gasteiger partial charge in [-0.25, -0.2) is 9.67 Å². The van der Waals surface area contributed by atoms with Crippen LogP contribution in [-0.4, -0.2) is 29.8 Å². The summed E-state index contributed by atoms with van der Waals surface area (Å²) in [5.74, 6) is 0. The lowest BCUT2D eigenvalue weighted by Gasteiger charge is -2.07. The van der Waals surface area contributed by atoms with Crippen molar-refractivity contribution in [1.82, 2.24) is 29.8 Å². The van der Waals surface area contributed by atoms with Gasteiger partial charge in [0.05, 0.1) is 24.1 Å². The zero-order chi connectivity index (χ0) is 13.1. The van der Waals surface area contributed by atoms with Crippen LogP contribution in [0.2, 0.25) is 0 Å². The third-order valence-electron chi connectivity index (χ3n) is 2.83. The second-order valence-electron chi connectivity index (χ2n) is 4.09. The van der Waals surface area contributed by atoms with Gasteiger partial charge in [-0.3, -0.25) is 4.68 Å². The Hall–Kier alpha value is -2.70. The molecule has 1 aromatic carbocycles. The Morgan fingerprint density at radius 1 is 1.21 bits per heavy atom. The summed E-state index contributed by atoms with van der Waals surface area (Å²) in [5.41, 5.74) is 3.04. The Morgan fingerprint density at radius 3 is 2.68 bits per heavy atom. The average molecular weight is 255 g/mol. The van der Waals surface area contributed by atoms with E-state index in [4.69, 9.17) is 0 Å². The van der Waals surface area contributed by atoms with Crippen molar-refractivity contribution in [2.24, 2.45) is 7.05 Å². The van der Waals surface area contributed by atoms with Gasteiger partial charge < -0.3 is 5.32 Å². The number of aryl methyl sites for hydroxylation is 1. The highest BCUT2D eigenvalue weighted by molar-refractivity contribution is 5.48. The van der Waals surface area contributed by atoms with Gasteiger partial charge in [0.1, 0.15) is 12.7 Å². The predicted molar refractivity (Wildman–Crippen MR) is 69.7 cm³/mol. The molecule has 0 aliphatic heterocycles. The second-order valence-corrected chi connectivity index (χ2v) is 4.09. The van der Waals surface area contributed by atoms with Crippen LogP contribution in [0.1, 0.15) is 5.69 Å². The molecule has 3 aromatic rings. The Bertz CT molecular complexity index is 639. The topological polar surface area (TPSA) is 73.5 Å². The highest BCUT2D eigenvalue weighted by Gasteiger charge is 2.00. The minimum absolute atomic E-state index is 0.687. The average Bonchev–Trinajstić information content (AvgIpc) is 3.09. The molecule has 0 radical (unpaired) electrons. The van der Waals surface area contributed by atoms with Crippen molar-refractivity contribution in [3.8, 4) is 5.69 Å². The smallest absolute Gasteiger partial charge is 0.138 e. The summed E-state index contributed by atoms with van der Waals surface area (Å²) in [4.78, 5) is 3.92. The van der Waals surface area contributed by atoms with Crippen molar-refractivity contribution in [2.45, 2.75) is 6.54 Å². The fraction of sp³-hybridized carbons (Fsp3) is 0.167. The third kappa shape index (κ3) is 2.44. The first kappa shape index (κ1) is 11.4. The highest BCUT2D eigenvalue weighted by atomic mass is 15.4. The molecule has 7 heteroatoms. The molecule has 0 unspecified atom stereocenters. The lowest BCUT2D eigenvalue weighted by Crippen LogP contribution is -2.05. The van der Waals surface area contributed by atoms with E-state index in [-0.39, 0.29) is 0 Å². The molecule has 1 N–H and O–H groups in total.